The smallest absolute Gasteiger partial charge is 0.303 e. The number of benzene rings is 2. The summed E-state index contributed by atoms with van der Waals surface area (Å²) < 4.78 is 0. The molecule has 0 saturated carbocycles. The SMILES string of the molecule is CCc1ccc(CCC(=O)O)cc1-c1ccccc1. The lowest BCUT2D eigenvalue weighted by Crippen LogP contribution is -1.98. The van der Waals surface area contributed by atoms with Gasteiger partial charge in [-0.25, -0.2) is 0 Å². The number of carboxylic acid groups (broad SMARTS) is 1. The van der Waals surface area contributed by atoms with E-state index in [1.165, 1.54) is 16.7 Å². The molecule has 2 heteroatoms. The number of rotatable bonds is 5. The fourth-order valence-electron chi connectivity index (χ4n) is 2.23. The molecule has 0 saturated heterocycles. The molecule has 0 aliphatic rings. The maximum absolute atomic E-state index is 10.7. The highest BCUT2D eigenvalue weighted by atomic mass is 16.4. The number of carboxylic acids is 1. The average molecular weight is 254 g/mol. The van der Waals surface area contributed by atoms with Crippen molar-refractivity contribution in [1.29, 1.82) is 0 Å². The minimum atomic E-state index is -0.749. The van der Waals surface area contributed by atoms with Gasteiger partial charge in [-0.05, 0) is 35.1 Å². The van der Waals surface area contributed by atoms with Gasteiger partial charge in [0.2, 0.25) is 0 Å². The molecule has 2 nitrogen and oxygen atoms in total. The van der Waals surface area contributed by atoms with E-state index < -0.39 is 5.97 Å². The van der Waals surface area contributed by atoms with Crippen LogP contribution in [0.2, 0.25) is 0 Å². The monoisotopic (exact) mass is 254 g/mol. The summed E-state index contributed by atoms with van der Waals surface area (Å²) in [6.45, 7) is 2.14. The van der Waals surface area contributed by atoms with Crippen LogP contribution in [0.25, 0.3) is 11.1 Å². The molecule has 0 aliphatic heterocycles. The van der Waals surface area contributed by atoms with Crippen LogP contribution in [0.5, 0.6) is 0 Å². The van der Waals surface area contributed by atoms with Gasteiger partial charge >= 0.3 is 5.97 Å². The molecular weight excluding hydrogens is 236 g/mol. The van der Waals surface area contributed by atoms with Crippen LogP contribution in [0.4, 0.5) is 0 Å². The maximum Gasteiger partial charge on any atom is 0.303 e. The van der Waals surface area contributed by atoms with Gasteiger partial charge in [-0.1, -0.05) is 55.5 Å². The van der Waals surface area contributed by atoms with Gasteiger partial charge in [0.15, 0.2) is 0 Å². The van der Waals surface area contributed by atoms with Crippen LogP contribution in [0, 0.1) is 0 Å². The van der Waals surface area contributed by atoms with Crippen LogP contribution in [-0.2, 0) is 17.6 Å². The summed E-state index contributed by atoms with van der Waals surface area (Å²) in [5.74, 6) is -0.749. The van der Waals surface area contributed by atoms with E-state index >= 15 is 0 Å². The minimum Gasteiger partial charge on any atom is -0.481 e. The Balaban J connectivity index is 2.34. The molecule has 19 heavy (non-hydrogen) atoms. The van der Waals surface area contributed by atoms with E-state index in [0.717, 1.165) is 12.0 Å². The second kappa shape index (κ2) is 6.19. The Morgan fingerprint density at radius 2 is 1.84 bits per heavy atom. The molecule has 0 heterocycles. The van der Waals surface area contributed by atoms with Crippen molar-refractivity contribution in [3.8, 4) is 11.1 Å². The fraction of sp³-hybridized carbons (Fsp3) is 0.235. The van der Waals surface area contributed by atoms with Gasteiger partial charge in [0.05, 0.1) is 0 Å². The summed E-state index contributed by atoms with van der Waals surface area (Å²) in [5.41, 5.74) is 4.78. The standard InChI is InChI=1S/C17H18O2/c1-2-14-10-8-13(9-11-17(18)19)12-16(14)15-6-4-3-5-7-15/h3-8,10,12H,2,9,11H2,1H3,(H,18,19). The van der Waals surface area contributed by atoms with Gasteiger partial charge in [-0.2, -0.15) is 0 Å². The van der Waals surface area contributed by atoms with Crippen molar-refractivity contribution >= 4 is 5.97 Å². The Bertz CT molecular complexity index is 559. The topological polar surface area (TPSA) is 37.3 Å². The lowest BCUT2D eigenvalue weighted by Gasteiger charge is -2.10. The molecule has 0 unspecified atom stereocenters. The highest BCUT2D eigenvalue weighted by Gasteiger charge is 2.06. The Morgan fingerprint density at radius 1 is 1.11 bits per heavy atom. The van der Waals surface area contributed by atoms with E-state index in [0.29, 0.717) is 6.42 Å². The summed E-state index contributed by atoms with van der Waals surface area (Å²) in [6, 6.07) is 16.5. The summed E-state index contributed by atoms with van der Waals surface area (Å²) in [4.78, 5) is 10.7. The highest BCUT2D eigenvalue weighted by molar-refractivity contribution is 5.69. The number of hydrogen-bond acceptors (Lipinski definition) is 1. The molecule has 1 N–H and O–H groups in total. The van der Waals surface area contributed by atoms with Crippen molar-refractivity contribution < 1.29 is 9.90 Å². The Kier molecular flexibility index (Phi) is 4.35. The van der Waals surface area contributed by atoms with Gasteiger partial charge in [0.1, 0.15) is 0 Å². The average Bonchev–Trinajstić information content (AvgIpc) is 2.45. The molecule has 0 fully saturated rings. The van der Waals surface area contributed by atoms with Gasteiger partial charge in [-0.15, -0.1) is 0 Å². The molecule has 0 bridgehead atoms. The van der Waals surface area contributed by atoms with E-state index in [4.69, 9.17) is 5.11 Å². The molecular formula is C17H18O2. The van der Waals surface area contributed by atoms with Crippen LogP contribution < -0.4 is 0 Å². The van der Waals surface area contributed by atoms with Gasteiger partial charge in [0, 0.05) is 6.42 Å². The lowest BCUT2D eigenvalue weighted by molar-refractivity contribution is -0.136. The number of carbonyl (C=O) groups is 1. The molecule has 0 atom stereocenters. The lowest BCUT2D eigenvalue weighted by atomic mass is 9.94. The van der Waals surface area contributed by atoms with Crippen molar-refractivity contribution in [1.82, 2.24) is 0 Å². The van der Waals surface area contributed by atoms with Gasteiger partial charge < -0.3 is 5.11 Å². The molecule has 2 aromatic carbocycles. The quantitative estimate of drug-likeness (QED) is 0.877. The summed E-state index contributed by atoms with van der Waals surface area (Å²) >= 11 is 0. The molecule has 0 radical (unpaired) electrons. The second-order valence-corrected chi connectivity index (χ2v) is 4.60. The van der Waals surface area contributed by atoms with Crippen LogP contribution in [0.15, 0.2) is 48.5 Å². The van der Waals surface area contributed by atoms with Crippen LogP contribution >= 0.6 is 0 Å². The molecule has 0 aromatic heterocycles. The largest absolute Gasteiger partial charge is 0.481 e. The Labute approximate surface area is 113 Å². The van der Waals surface area contributed by atoms with Crippen molar-refractivity contribution in [2.24, 2.45) is 0 Å². The third-order valence-corrected chi connectivity index (χ3v) is 3.27. The predicted molar refractivity (Wildman–Crippen MR) is 77.2 cm³/mol. The summed E-state index contributed by atoms with van der Waals surface area (Å²) in [5, 5.41) is 8.76. The first kappa shape index (κ1) is 13.3. The zero-order valence-corrected chi connectivity index (χ0v) is 11.1. The molecule has 0 spiro atoms. The van der Waals surface area contributed by atoms with Crippen LogP contribution in [-0.4, -0.2) is 11.1 Å². The van der Waals surface area contributed by atoms with E-state index in [1.54, 1.807) is 0 Å². The summed E-state index contributed by atoms with van der Waals surface area (Å²) in [6.07, 6.45) is 1.74. The first-order valence-electron chi connectivity index (χ1n) is 6.59. The van der Waals surface area contributed by atoms with Gasteiger partial charge in [0.25, 0.3) is 0 Å². The first-order chi connectivity index (χ1) is 9.20. The van der Waals surface area contributed by atoms with Crippen molar-refractivity contribution in [2.75, 3.05) is 0 Å². The zero-order chi connectivity index (χ0) is 13.7. The Hall–Kier alpha value is -2.09. The van der Waals surface area contributed by atoms with Crippen LogP contribution in [0.3, 0.4) is 0 Å². The molecule has 0 aliphatic carbocycles. The number of aliphatic carboxylic acids is 1. The fourth-order valence-corrected chi connectivity index (χ4v) is 2.23. The van der Waals surface area contributed by atoms with Crippen molar-refractivity contribution in [3.05, 3.63) is 59.7 Å². The minimum absolute atomic E-state index is 0.180. The molecule has 2 rings (SSSR count). The summed E-state index contributed by atoms with van der Waals surface area (Å²) in [7, 11) is 0. The highest BCUT2D eigenvalue weighted by Crippen LogP contribution is 2.25. The predicted octanol–water partition coefficient (Wildman–Crippen LogP) is 3.93. The van der Waals surface area contributed by atoms with Crippen LogP contribution in [0.1, 0.15) is 24.5 Å². The third kappa shape index (κ3) is 3.44. The van der Waals surface area contributed by atoms with Crippen molar-refractivity contribution in [3.63, 3.8) is 0 Å². The van der Waals surface area contributed by atoms with E-state index in [2.05, 4.69) is 31.2 Å². The number of aryl methyl sites for hydroxylation is 2. The molecule has 0 amide bonds. The Morgan fingerprint density at radius 3 is 2.47 bits per heavy atom. The maximum atomic E-state index is 10.7. The van der Waals surface area contributed by atoms with Crippen molar-refractivity contribution in [2.45, 2.75) is 26.2 Å². The third-order valence-electron chi connectivity index (χ3n) is 3.27. The molecule has 2 aromatic rings. The second-order valence-electron chi connectivity index (χ2n) is 4.60. The normalized spacial score (nSPS) is 10.4. The zero-order valence-electron chi connectivity index (χ0n) is 11.1. The van der Waals surface area contributed by atoms with Gasteiger partial charge in [-0.3, -0.25) is 4.79 Å². The molecule has 98 valence electrons. The number of hydrogen-bond donors (Lipinski definition) is 1. The van der Waals surface area contributed by atoms with E-state index in [-0.39, 0.29) is 6.42 Å². The van der Waals surface area contributed by atoms with E-state index in [9.17, 15) is 4.79 Å². The first-order valence-corrected chi connectivity index (χ1v) is 6.59. The van der Waals surface area contributed by atoms with E-state index in [1.807, 2.05) is 24.3 Å².